The lowest BCUT2D eigenvalue weighted by atomic mass is 10.1. The van der Waals surface area contributed by atoms with Crippen LogP contribution in [0.4, 0.5) is 5.69 Å². The predicted molar refractivity (Wildman–Crippen MR) is 100 cm³/mol. The number of piperidine rings is 1. The summed E-state index contributed by atoms with van der Waals surface area (Å²) in [4.78, 5) is 2.27. The van der Waals surface area contributed by atoms with Crippen molar-refractivity contribution in [2.75, 3.05) is 38.2 Å². The topological polar surface area (TPSA) is 61.9 Å². The van der Waals surface area contributed by atoms with Crippen LogP contribution in [-0.4, -0.2) is 52.1 Å². The Kier molecular flexibility index (Phi) is 6.19. The van der Waals surface area contributed by atoms with Crippen molar-refractivity contribution in [3.05, 3.63) is 24.3 Å². The van der Waals surface area contributed by atoms with Crippen molar-refractivity contribution in [1.82, 2.24) is 9.03 Å². The molecular weight excluding hydrogens is 338 g/mol. The monoisotopic (exact) mass is 367 g/mol. The standard InChI is InChI=1S/C18H29N3O3S/c1-24-18-9-5-4-8-17(18)20-14-10-16(11-15-20)19-25(22,23)21-12-6-2-3-7-13-21/h4-5,8-9,16,19H,2-3,6-7,10-15H2,1H3. The van der Waals surface area contributed by atoms with Crippen LogP contribution in [0, 0.1) is 0 Å². The Morgan fingerprint density at radius 3 is 2.28 bits per heavy atom. The Morgan fingerprint density at radius 2 is 1.64 bits per heavy atom. The van der Waals surface area contributed by atoms with Gasteiger partial charge in [-0.2, -0.15) is 17.4 Å². The number of methoxy groups -OCH3 is 1. The van der Waals surface area contributed by atoms with Gasteiger partial charge in [0, 0.05) is 32.2 Å². The number of hydrogen-bond acceptors (Lipinski definition) is 4. The number of rotatable bonds is 5. The SMILES string of the molecule is COc1ccccc1N1CCC(NS(=O)(=O)N2CCCCCC2)CC1. The summed E-state index contributed by atoms with van der Waals surface area (Å²) in [6, 6.07) is 8.00. The van der Waals surface area contributed by atoms with Gasteiger partial charge in [-0.25, -0.2) is 0 Å². The molecule has 6 nitrogen and oxygen atoms in total. The van der Waals surface area contributed by atoms with Gasteiger partial charge in [0.15, 0.2) is 0 Å². The minimum Gasteiger partial charge on any atom is -0.495 e. The van der Waals surface area contributed by atoms with Crippen LogP contribution >= 0.6 is 0 Å². The van der Waals surface area contributed by atoms with Gasteiger partial charge in [-0.3, -0.25) is 0 Å². The average molecular weight is 368 g/mol. The molecule has 25 heavy (non-hydrogen) atoms. The zero-order chi connectivity index (χ0) is 17.7. The van der Waals surface area contributed by atoms with Crippen LogP contribution in [0.5, 0.6) is 5.75 Å². The molecule has 2 aliphatic heterocycles. The summed E-state index contributed by atoms with van der Waals surface area (Å²) in [5.74, 6) is 0.867. The summed E-state index contributed by atoms with van der Waals surface area (Å²) in [7, 11) is -1.68. The molecule has 1 aromatic carbocycles. The van der Waals surface area contributed by atoms with Crippen molar-refractivity contribution in [3.63, 3.8) is 0 Å². The Balaban J connectivity index is 1.57. The molecule has 0 aliphatic carbocycles. The lowest BCUT2D eigenvalue weighted by molar-refractivity contribution is 0.389. The zero-order valence-electron chi connectivity index (χ0n) is 15.0. The molecule has 0 atom stereocenters. The molecule has 2 heterocycles. The van der Waals surface area contributed by atoms with Crippen molar-refractivity contribution in [3.8, 4) is 5.75 Å². The first-order valence-electron chi connectivity index (χ1n) is 9.25. The average Bonchev–Trinajstić information content (AvgIpc) is 2.92. The molecule has 0 aromatic heterocycles. The lowest BCUT2D eigenvalue weighted by Crippen LogP contribution is -2.49. The van der Waals surface area contributed by atoms with E-state index < -0.39 is 10.2 Å². The van der Waals surface area contributed by atoms with Crippen molar-refractivity contribution >= 4 is 15.9 Å². The van der Waals surface area contributed by atoms with E-state index in [1.54, 1.807) is 11.4 Å². The summed E-state index contributed by atoms with van der Waals surface area (Å²) in [5, 5.41) is 0. The number of nitrogens with zero attached hydrogens (tertiary/aromatic N) is 2. The van der Waals surface area contributed by atoms with Gasteiger partial charge in [0.2, 0.25) is 0 Å². The van der Waals surface area contributed by atoms with E-state index in [4.69, 9.17) is 4.74 Å². The first kappa shape index (κ1) is 18.5. The molecule has 0 bridgehead atoms. The largest absolute Gasteiger partial charge is 0.495 e. The maximum Gasteiger partial charge on any atom is 0.279 e. The Bertz CT molecular complexity index is 649. The van der Waals surface area contributed by atoms with Crippen molar-refractivity contribution < 1.29 is 13.2 Å². The van der Waals surface area contributed by atoms with Crippen LogP contribution in [-0.2, 0) is 10.2 Å². The van der Waals surface area contributed by atoms with Gasteiger partial charge in [0.1, 0.15) is 5.75 Å². The molecule has 2 aliphatic rings. The highest BCUT2D eigenvalue weighted by Crippen LogP contribution is 2.30. The second-order valence-corrected chi connectivity index (χ2v) is 8.57. The number of ether oxygens (including phenoxy) is 1. The predicted octanol–water partition coefficient (Wildman–Crippen LogP) is 2.37. The van der Waals surface area contributed by atoms with Crippen molar-refractivity contribution in [2.45, 2.75) is 44.6 Å². The van der Waals surface area contributed by atoms with E-state index in [1.165, 1.54) is 0 Å². The Labute approximate surface area is 151 Å². The molecule has 3 rings (SSSR count). The minimum atomic E-state index is -3.36. The molecular formula is C18H29N3O3S. The van der Waals surface area contributed by atoms with E-state index in [-0.39, 0.29) is 6.04 Å². The molecule has 140 valence electrons. The number of para-hydroxylation sites is 2. The van der Waals surface area contributed by atoms with Gasteiger partial charge in [0.25, 0.3) is 10.2 Å². The molecule has 0 spiro atoms. The number of anilines is 1. The number of nitrogens with one attached hydrogen (secondary N) is 1. The van der Waals surface area contributed by atoms with Crippen LogP contribution in [0.25, 0.3) is 0 Å². The quantitative estimate of drug-likeness (QED) is 0.868. The molecule has 0 unspecified atom stereocenters. The van der Waals surface area contributed by atoms with E-state index >= 15 is 0 Å². The second kappa shape index (κ2) is 8.38. The van der Waals surface area contributed by atoms with Gasteiger partial charge >= 0.3 is 0 Å². The van der Waals surface area contributed by atoms with Crippen LogP contribution < -0.4 is 14.4 Å². The summed E-state index contributed by atoms with van der Waals surface area (Å²) in [6.45, 7) is 2.95. The molecule has 2 fully saturated rings. The third kappa shape index (κ3) is 4.65. The number of hydrogen-bond donors (Lipinski definition) is 1. The number of benzene rings is 1. The second-order valence-electron chi connectivity index (χ2n) is 6.87. The molecule has 0 amide bonds. The van der Waals surface area contributed by atoms with E-state index in [0.717, 1.165) is 63.1 Å². The fourth-order valence-corrected chi connectivity index (χ4v) is 5.24. The van der Waals surface area contributed by atoms with Gasteiger partial charge in [0.05, 0.1) is 12.8 Å². The van der Waals surface area contributed by atoms with Gasteiger partial charge in [-0.15, -0.1) is 0 Å². The highest BCUT2D eigenvalue weighted by atomic mass is 32.2. The third-order valence-electron chi connectivity index (χ3n) is 5.14. The van der Waals surface area contributed by atoms with E-state index in [0.29, 0.717) is 13.1 Å². The third-order valence-corrected chi connectivity index (χ3v) is 6.82. The summed E-state index contributed by atoms with van der Waals surface area (Å²) in [6.07, 6.45) is 5.81. The summed E-state index contributed by atoms with van der Waals surface area (Å²) >= 11 is 0. The Morgan fingerprint density at radius 1 is 1.00 bits per heavy atom. The van der Waals surface area contributed by atoms with Crippen LogP contribution in [0.15, 0.2) is 24.3 Å². The summed E-state index contributed by atoms with van der Waals surface area (Å²) in [5.41, 5.74) is 1.08. The first-order chi connectivity index (χ1) is 12.1. The fraction of sp³-hybridized carbons (Fsp3) is 0.667. The van der Waals surface area contributed by atoms with Gasteiger partial charge < -0.3 is 9.64 Å². The highest BCUT2D eigenvalue weighted by molar-refractivity contribution is 7.87. The normalized spacial score (nSPS) is 21.1. The zero-order valence-corrected chi connectivity index (χ0v) is 15.8. The molecule has 0 saturated carbocycles. The molecule has 0 radical (unpaired) electrons. The fourth-order valence-electron chi connectivity index (χ4n) is 3.70. The van der Waals surface area contributed by atoms with Crippen molar-refractivity contribution in [2.24, 2.45) is 0 Å². The first-order valence-corrected chi connectivity index (χ1v) is 10.7. The lowest BCUT2D eigenvalue weighted by Gasteiger charge is -2.35. The maximum absolute atomic E-state index is 12.6. The van der Waals surface area contributed by atoms with Crippen LogP contribution in [0.1, 0.15) is 38.5 Å². The summed E-state index contributed by atoms with van der Waals surface area (Å²) < 4.78 is 35.3. The molecule has 2 saturated heterocycles. The minimum absolute atomic E-state index is 0.0132. The molecule has 1 aromatic rings. The molecule has 7 heteroatoms. The van der Waals surface area contributed by atoms with Gasteiger partial charge in [-0.05, 0) is 37.8 Å². The maximum atomic E-state index is 12.6. The van der Waals surface area contributed by atoms with Gasteiger partial charge in [-0.1, -0.05) is 25.0 Å². The Hall–Kier alpha value is -1.31. The van der Waals surface area contributed by atoms with E-state index in [1.807, 2.05) is 18.2 Å². The molecule has 1 N–H and O–H groups in total. The van der Waals surface area contributed by atoms with E-state index in [2.05, 4.69) is 15.7 Å². The highest BCUT2D eigenvalue weighted by Gasteiger charge is 2.28. The van der Waals surface area contributed by atoms with E-state index in [9.17, 15) is 8.42 Å². The van der Waals surface area contributed by atoms with Crippen LogP contribution in [0.3, 0.4) is 0 Å². The smallest absolute Gasteiger partial charge is 0.279 e. The van der Waals surface area contributed by atoms with Crippen LogP contribution in [0.2, 0.25) is 0 Å². The van der Waals surface area contributed by atoms with Crippen molar-refractivity contribution in [1.29, 1.82) is 0 Å².